The third-order valence-corrected chi connectivity index (χ3v) is 3.25. The predicted octanol–water partition coefficient (Wildman–Crippen LogP) is 2.36. The molecule has 0 saturated heterocycles. The van der Waals surface area contributed by atoms with Crippen LogP contribution in [0.5, 0.6) is 11.5 Å². The van der Waals surface area contributed by atoms with Crippen LogP contribution >= 0.6 is 0 Å². The summed E-state index contributed by atoms with van der Waals surface area (Å²) in [5.74, 6) is 1.72. The van der Waals surface area contributed by atoms with Crippen LogP contribution in [0.1, 0.15) is 25.8 Å². The van der Waals surface area contributed by atoms with Gasteiger partial charge in [0, 0.05) is 19.2 Å². The molecular weight excluding hydrogens is 242 g/mol. The highest BCUT2D eigenvalue weighted by atomic mass is 16.7. The van der Waals surface area contributed by atoms with Crippen LogP contribution in [0.2, 0.25) is 0 Å². The van der Waals surface area contributed by atoms with E-state index in [-0.39, 0.29) is 0 Å². The van der Waals surface area contributed by atoms with Crippen molar-refractivity contribution in [3.05, 3.63) is 23.8 Å². The summed E-state index contributed by atoms with van der Waals surface area (Å²) in [5.41, 5.74) is 1.29. The van der Waals surface area contributed by atoms with Crippen LogP contribution < -0.4 is 14.8 Å². The maximum atomic E-state index is 5.38. The first-order valence-corrected chi connectivity index (χ1v) is 6.99. The van der Waals surface area contributed by atoms with Crippen molar-refractivity contribution in [2.24, 2.45) is 0 Å². The van der Waals surface area contributed by atoms with Crippen molar-refractivity contribution in [3.63, 3.8) is 0 Å². The first-order chi connectivity index (χ1) is 9.29. The second kappa shape index (κ2) is 7.36. The highest BCUT2D eigenvalue weighted by Gasteiger charge is 2.13. The number of hydrogen-bond acceptors (Lipinski definition) is 4. The Kier molecular flexibility index (Phi) is 5.48. The lowest BCUT2D eigenvalue weighted by molar-refractivity contribution is 0.147. The van der Waals surface area contributed by atoms with E-state index in [1.807, 2.05) is 13.0 Å². The molecule has 0 spiro atoms. The highest BCUT2D eigenvalue weighted by Crippen LogP contribution is 2.32. The lowest BCUT2D eigenvalue weighted by Gasteiger charge is -2.13. The van der Waals surface area contributed by atoms with E-state index in [1.165, 1.54) is 5.56 Å². The summed E-state index contributed by atoms with van der Waals surface area (Å²) in [6.07, 6.45) is 2.14. The van der Waals surface area contributed by atoms with Crippen LogP contribution in [0.15, 0.2) is 18.2 Å². The van der Waals surface area contributed by atoms with E-state index in [4.69, 9.17) is 14.2 Å². The molecule has 0 radical (unpaired) electrons. The third-order valence-electron chi connectivity index (χ3n) is 3.25. The van der Waals surface area contributed by atoms with E-state index in [0.717, 1.165) is 44.1 Å². The van der Waals surface area contributed by atoms with Gasteiger partial charge in [0.15, 0.2) is 11.5 Å². The standard InChI is InChI=1S/C15H23NO3/c1-3-17-9-8-16-12(2)4-5-13-6-7-14-15(10-13)19-11-18-14/h6-7,10,12,16H,3-5,8-9,11H2,1-2H3. The first kappa shape index (κ1) is 14.2. The van der Waals surface area contributed by atoms with Crippen LogP contribution in [-0.4, -0.2) is 32.6 Å². The molecule has 106 valence electrons. The van der Waals surface area contributed by atoms with E-state index in [1.54, 1.807) is 0 Å². The van der Waals surface area contributed by atoms with E-state index < -0.39 is 0 Å². The summed E-state index contributed by atoms with van der Waals surface area (Å²) in [6.45, 7) is 7.05. The molecule has 4 heteroatoms. The molecule has 1 heterocycles. The number of hydrogen-bond donors (Lipinski definition) is 1. The Labute approximate surface area is 115 Å². The molecule has 4 nitrogen and oxygen atoms in total. The average molecular weight is 265 g/mol. The van der Waals surface area contributed by atoms with Crippen LogP contribution in [0, 0.1) is 0 Å². The molecule has 1 aliphatic rings. The second-order valence-electron chi connectivity index (χ2n) is 4.78. The Bertz CT molecular complexity index is 395. The topological polar surface area (TPSA) is 39.7 Å². The number of benzene rings is 1. The molecule has 1 aromatic rings. The minimum absolute atomic E-state index is 0.341. The zero-order chi connectivity index (χ0) is 13.5. The first-order valence-electron chi connectivity index (χ1n) is 6.99. The number of rotatable bonds is 8. The molecule has 1 N–H and O–H groups in total. The van der Waals surface area contributed by atoms with Gasteiger partial charge >= 0.3 is 0 Å². The summed E-state index contributed by atoms with van der Waals surface area (Å²) in [6, 6.07) is 6.67. The zero-order valence-electron chi connectivity index (χ0n) is 11.8. The molecule has 0 bridgehead atoms. The van der Waals surface area contributed by atoms with Crippen LogP contribution in [0.4, 0.5) is 0 Å². The van der Waals surface area contributed by atoms with Gasteiger partial charge in [0.25, 0.3) is 0 Å². The SMILES string of the molecule is CCOCCNC(C)CCc1ccc2c(c1)OCO2. The molecule has 0 saturated carbocycles. The highest BCUT2D eigenvalue weighted by molar-refractivity contribution is 5.44. The average Bonchev–Trinajstić information content (AvgIpc) is 2.89. The van der Waals surface area contributed by atoms with Gasteiger partial charge in [-0.25, -0.2) is 0 Å². The fourth-order valence-electron chi connectivity index (χ4n) is 2.10. The lowest BCUT2D eigenvalue weighted by atomic mass is 10.1. The summed E-state index contributed by atoms with van der Waals surface area (Å²) in [7, 11) is 0. The molecule has 0 aliphatic carbocycles. The predicted molar refractivity (Wildman–Crippen MR) is 74.8 cm³/mol. The normalized spacial score (nSPS) is 14.6. The lowest BCUT2D eigenvalue weighted by Crippen LogP contribution is -2.29. The van der Waals surface area contributed by atoms with Gasteiger partial charge in [-0.15, -0.1) is 0 Å². The van der Waals surface area contributed by atoms with Crippen LogP contribution in [0.25, 0.3) is 0 Å². The van der Waals surface area contributed by atoms with Crippen molar-refractivity contribution < 1.29 is 14.2 Å². The number of ether oxygens (including phenoxy) is 3. The number of aryl methyl sites for hydroxylation is 1. The summed E-state index contributed by atoms with van der Waals surface area (Å²) in [5, 5.41) is 3.46. The molecule has 0 amide bonds. The van der Waals surface area contributed by atoms with Gasteiger partial charge in [-0.05, 0) is 44.4 Å². The van der Waals surface area contributed by atoms with Gasteiger partial charge < -0.3 is 19.5 Å². The molecular formula is C15H23NO3. The molecule has 1 aromatic carbocycles. The van der Waals surface area contributed by atoms with Gasteiger partial charge in [0.05, 0.1) is 6.61 Å². The van der Waals surface area contributed by atoms with Gasteiger partial charge in [0.1, 0.15) is 0 Å². The van der Waals surface area contributed by atoms with Crippen molar-refractivity contribution in [1.82, 2.24) is 5.32 Å². The number of fused-ring (bicyclic) bond motifs is 1. The molecule has 0 aromatic heterocycles. The van der Waals surface area contributed by atoms with Crippen molar-refractivity contribution in [2.75, 3.05) is 26.6 Å². The van der Waals surface area contributed by atoms with Crippen molar-refractivity contribution in [1.29, 1.82) is 0 Å². The minimum Gasteiger partial charge on any atom is -0.454 e. The van der Waals surface area contributed by atoms with Crippen molar-refractivity contribution in [3.8, 4) is 11.5 Å². The Balaban J connectivity index is 1.70. The molecule has 1 atom stereocenters. The summed E-state index contributed by atoms with van der Waals surface area (Å²) >= 11 is 0. The Morgan fingerprint density at radius 3 is 3.00 bits per heavy atom. The van der Waals surface area contributed by atoms with Crippen LogP contribution in [0.3, 0.4) is 0 Å². The summed E-state index contributed by atoms with van der Waals surface area (Å²) < 4.78 is 16.0. The number of nitrogens with one attached hydrogen (secondary N) is 1. The fourth-order valence-corrected chi connectivity index (χ4v) is 2.10. The second-order valence-corrected chi connectivity index (χ2v) is 4.78. The van der Waals surface area contributed by atoms with E-state index >= 15 is 0 Å². The Hall–Kier alpha value is -1.26. The summed E-state index contributed by atoms with van der Waals surface area (Å²) in [4.78, 5) is 0. The van der Waals surface area contributed by atoms with Gasteiger partial charge in [-0.3, -0.25) is 0 Å². The van der Waals surface area contributed by atoms with E-state index in [9.17, 15) is 0 Å². The zero-order valence-corrected chi connectivity index (χ0v) is 11.8. The van der Waals surface area contributed by atoms with E-state index in [0.29, 0.717) is 12.8 Å². The molecule has 2 rings (SSSR count). The monoisotopic (exact) mass is 265 g/mol. The fraction of sp³-hybridized carbons (Fsp3) is 0.600. The molecule has 0 fully saturated rings. The van der Waals surface area contributed by atoms with Gasteiger partial charge in [0.2, 0.25) is 6.79 Å². The molecule has 1 unspecified atom stereocenters. The largest absolute Gasteiger partial charge is 0.454 e. The quantitative estimate of drug-likeness (QED) is 0.733. The molecule has 19 heavy (non-hydrogen) atoms. The third kappa shape index (κ3) is 4.40. The van der Waals surface area contributed by atoms with Crippen LogP contribution in [-0.2, 0) is 11.2 Å². The molecule has 1 aliphatic heterocycles. The Morgan fingerprint density at radius 2 is 2.16 bits per heavy atom. The van der Waals surface area contributed by atoms with Gasteiger partial charge in [-0.2, -0.15) is 0 Å². The van der Waals surface area contributed by atoms with Gasteiger partial charge in [-0.1, -0.05) is 6.07 Å². The minimum atomic E-state index is 0.341. The van der Waals surface area contributed by atoms with Crippen molar-refractivity contribution in [2.45, 2.75) is 32.7 Å². The smallest absolute Gasteiger partial charge is 0.231 e. The van der Waals surface area contributed by atoms with E-state index in [2.05, 4.69) is 24.4 Å². The van der Waals surface area contributed by atoms with Crippen molar-refractivity contribution >= 4 is 0 Å². The maximum absolute atomic E-state index is 5.38. The Morgan fingerprint density at radius 1 is 1.32 bits per heavy atom. The maximum Gasteiger partial charge on any atom is 0.231 e.